The number of hydrogen-bond acceptors (Lipinski definition) is 4. The van der Waals surface area contributed by atoms with Crippen molar-refractivity contribution >= 4 is 23.1 Å². The Bertz CT molecular complexity index is 954. The molecular weight excluding hydrogens is 360 g/mol. The van der Waals surface area contributed by atoms with Crippen LogP contribution < -0.4 is 5.32 Å². The molecule has 1 unspecified atom stereocenters. The Morgan fingerprint density at radius 2 is 2.07 bits per heavy atom. The van der Waals surface area contributed by atoms with Gasteiger partial charge in [-0.1, -0.05) is 50.6 Å². The molecular formula is C21H25ClN4O. The largest absolute Gasteiger partial charge is 0.376 e. The number of nitrogens with zero attached hydrogens (tertiary/aromatic N) is 3. The van der Waals surface area contributed by atoms with Crippen LogP contribution in [0.3, 0.4) is 0 Å². The molecule has 0 amide bonds. The molecule has 1 aromatic carbocycles. The summed E-state index contributed by atoms with van der Waals surface area (Å²) in [6.07, 6.45) is 4.32. The molecule has 1 aliphatic rings. The molecule has 0 bridgehead atoms. The smallest absolute Gasteiger partial charge is 0.165 e. The maximum Gasteiger partial charge on any atom is 0.165 e. The number of halogens is 1. The molecule has 3 aromatic rings. The van der Waals surface area contributed by atoms with Crippen LogP contribution in [-0.2, 0) is 10.2 Å². The Hall–Kier alpha value is -2.11. The second-order valence-corrected chi connectivity index (χ2v) is 8.47. The fourth-order valence-electron chi connectivity index (χ4n) is 3.37. The quantitative estimate of drug-likeness (QED) is 0.692. The highest BCUT2D eigenvalue weighted by atomic mass is 35.5. The van der Waals surface area contributed by atoms with Crippen LogP contribution in [0.2, 0.25) is 5.02 Å². The summed E-state index contributed by atoms with van der Waals surface area (Å²) in [4.78, 5) is 4.93. The van der Waals surface area contributed by atoms with Crippen molar-refractivity contribution in [2.75, 3.05) is 18.5 Å². The molecule has 4 rings (SSSR count). The average Bonchev–Trinajstić information content (AvgIpc) is 3.29. The van der Waals surface area contributed by atoms with Gasteiger partial charge < -0.3 is 10.1 Å². The highest BCUT2D eigenvalue weighted by Gasteiger charge is 2.22. The highest BCUT2D eigenvalue weighted by molar-refractivity contribution is 6.33. The van der Waals surface area contributed by atoms with Crippen LogP contribution in [0.1, 0.15) is 39.3 Å². The van der Waals surface area contributed by atoms with Gasteiger partial charge in [-0.15, -0.1) is 0 Å². The van der Waals surface area contributed by atoms with Gasteiger partial charge in [-0.05, 0) is 18.9 Å². The molecule has 3 heterocycles. The van der Waals surface area contributed by atoms with E-state index in [0.29, 0.717) is 5.02 Å². The van der Waals surface area contributed by atoms with Gasteiger partial charge in [-0.25, -0.2) is 4.98 Å². The first-order chi connectivity index (χ1) is 12.9. The molecule has 1 aliphatic heterocycles. The summed E-state index contributed by atoms with van der Waals surface area (Å²) in [5.74, 6) is 0.929. The van der Waals surface area contributed by atoms with E-state index in [0.717, 1.165) is 54.3 Å². The van der Waals surface area contributed by atoms with Crippen molar-refractivity contribution in [2.45, 2.75) is 45.1 Å². The van der Waals surface area contributed by atoms with Crippen LogP contribution in [0.5, 0.6) is 0 Å². The Labute approximate surface area is 164 Å². The van der Waals surface area contributed by atoms with Crippen molar-refractivity contribution in [2.24, 2.45) is 0 Å². The Balaban J connectivity index is 1.81. The summed E-state index contributed by atoms with van der Waals surface area (Å²) < 4.78 is 7.61. The fourth-order valence-corrected chi connectivity index (χ4v) is 3.60. The fraction of sp³-hybridized carbons (Fsp3) is 0.429. The first kappa shape index (κ1) is 18.3. The van der Waals surface area contributed by atoms with Gasteiger partial charge in [0.25, 0.3) is 0 Å². The van der Waals surface area contributed by atoms with Crippen molar-refractivity contribution in [3.63, 3.8) is 0 Å². The monoisotopic (exact) mass is 384 g/mol. The van der Waals surface area contributed by atoms with E-state index in [2.05, 4.69) is 37.3 Å². The SMILES string of the molecule is CC(C)(C)c1cc(NCC2CCCO2)n2ncc(-c3ccccc3Cl)c2n1. The van der Waals surface area contributed by atoms with Gasteiger partial charge in [0.2, 0.25) is 0 Å². The molecule has 1 atom stereocenters. The third-order valence-corrected chi connectivity index (χ3v) is 5.27. The summed E-state index contributed by atoms with van der Waals surface area (Å²) in [6, 6.07) is 9.90. The van der Waals surface area contributed by atoms with E-state index in [1.165, 1.54) is 0 Å². The minimum atomic E-state index is -0.0793. The predicted octanol–water partition coefficient (Wildman–Crippen LogP) is 4.94. The normalized spacial score (nSPS) is 17.6. The lowest BCUT2D eigenvalue weighted by Gasteiger charge is -2.20. The number of hydrogen-bond donors (Lipinski definition) is 1. The summed E-state index contributed by atoms with van der Waals surface area (Å²) in [7, 11) is 0. The van der Waals surface area contributed by atoms with Crippen molar-refractivity contribution in [3.05, 3.63) is 47.2 Å². The minimum Gasteiger partial charge on any atom is -0.376 e. The molecule has 6 heteroatoms. The van der Waals surface area contributed by atoms with Gasteiger partial charge in [-0.3, -0.25) is 0 Å². The van der Waals surface area contributed by atoms with E-state index in [1.807, 2.05) is 35.0 Å². The Morgan fingerprint density at radius 3 is 2.78 bits per heavy atom. The number of rotatable bonds is 4. The van der Waals surface area contributed by atoms with Gasteiger partial charge in [0.1, 0.15) is 5.82 Å². The molecule has 27 heavy (non-hydrogen) atoms. The van der Waals surface area contributed by atoms with E-state index < -0.39 is 0 Å². The van der Waals surface area contributed by atoms with Crippen LogP contribution in [0, 0.1) is 0 Å². The second kappa shape index (κ2) is 7.13. The summed E-state index contributed by atoms with van der Waals surface area (Å²) in [5.41, 5.74) is 3.62. The first-order valence-corrected chi connectivity index (χ1v) is 9.81. The number of anilines is 1. The molecule has 0 saturated carbocycles. The lowest BCUT2D eigenvalue weighted by atomic mass is 9.92. The van der Waals surface area contributed by atoms with Crippen molar-refractivity contribution in [1.82, 2.24) is 14.6 Å². The second-order valence-electron chi connectivity index (χ2n) is 8.07. The number of ether oxygens (including phenoxy) is 1. The minimum absolute atomic E-state index is 0.0793. The predicted molar refractivity (Wildman–Crippen MR) is 110 cm³/mol. The van der Waals surface area contributed by atoms with Crippen molar-refractivity contribution in [3.8, 4) is 11.1 Å². The van der Waals surface area contributed by atoms with Gasteiger partial charge in [-0.2, -0.15) is 9.61 Å². The van der Waals surface area contributed by atoms with Gasteiger partial charge in [0, 0.05) is 40.8 Å². The zero-order valence-electron chi connectivity index (χ0n) is 16.0. The number of fused-ring (bicyclic) bond motifs is 1. The van der Waals surface area contributed by atoms with Crippen LogP contribution in [0.25, 0.3) is 16.8 Å². The standard InChI is InChI=1S/C21H25ClN4O/c1-21(2,3)18-11-19(23-12-14-7-6-10-27-14)26-20(25-18)16(13-24-26)15-8-4-5-9-17(15)22/h4-5,8-9,11,13-14,23H,6-7,10,12H2,1-3H3. The molecule has 5 nitrogen and oxygen atoms in total. The highest BCUT2D eigenvalue weighted by Crippen LogP contribution is 2.33. The zero-order valence-corrected chi connectivity index (χ0v) is 16.8. The average molecular weight is 385 g/mol. The maximum absolute atomic E-state index is 6.44. The van der Waals surface area contributed by atoms with Crippen LogP contribution in [-0.4, -0.2) is 33.9 Å². The number of aromatic nitrogens is 3. The topological polar surface area (TPSA) is 51.5 Å². The van der Waals surface area contributed by atoms with Gasteiger partial charge >= 0.3 is 0 Å². The van der Waals surface area contributed by atoms with Crippen molar-refractivity contribution in [1.29, 1.82) is 0 Å². The van der Waals surface area contributed by atoms with E-state index >= 15 is 0 Å². The van der Waals surface area contributed by atoms with E-state index in [4.69, 9.17) is 21.3 Å². The first-order valence-electron chi connectivity index (χ1n) is 9.43. The van der Waals surface area contributed by atoms with Crippen LogP contribution in [0.4, 0.5) is 5.82 Å². The lowest BCUT2D eigenvalue weighted by Crippen LogP contribution is -2.21. The molecule has 1 N–H and O–H groups in total. The summed E-state index contributed by atoms with van der Waals surface area (Å²) in [5, 5.41) is 8.82. The van der Waals surface area contributed by atoms with Crippen LogP contribution in [0.15, 0.2) is 36.5 Å². The molecule has 0 aliphatic carbocycles. The van der Waals surface area contributed by atoms with Gasteiger partial charge in [0.15, 0.2) is 5.65 Å². The Kier molecular flexibility index (Phi) is 4.82. The third kappa shape index (κ3) is 3.66. The van der Waals surface area contributed by atoms with E-state index in [9.17, 15) is 0 Å². The third-order valence-electron chi connectivity index (χ3n) is 4.94. The summed E-state index contributed by atoms with van der Waals surface area (Å²) >= 11 is 6.44. The molecule has 142 valence electrons. The number of nitrogens with one attached hydrogen (secondary N) is 1. The molecule has 0 spiro atoms. The number of benzene rings is 1. The molecule has 1 saturated heterocycles. The van der Waals surface area contributed by atoms with E-state index in [1.54, 1.807) is 0 Å². The van der Waals surface area contributed by atoms with Crippen LogP contribution >= 0.6 is 11.6 Å². The molecule has 2 aromatic heterocycles. The molecule has 0 radical (unpaired) electrons. The lowest BCUT2D eigenvalue weighted by molar-refractivity contribution is 0.120. The maximum atomic E-state index is 6.44. The summed E-state index contributed by atoms with van der Waals surface area (Å²) in [6.45, 7) is 8.12. The Morgan fingerprint density at radius 1 is 1.26 bits per heavy atom. The van der Waals surface area contributed by atoms with Gasteiger partial charge in [0.05, 0.1) is 18.0 Å². The van der Waals surface area contributed by atoms with E-state index in [-0.39, 0.29) is 11.5 Å². The van der Waals surface area contributed by atoms with Crippen molar-refractivity contribution < 1.29 is 4.74 Å². The molecule has 1 fully saturated rings. The zero-order chi connectivity index (χ0) is 19.0.